The molecule has 0 saturated carbocycles. The van der Waals surface area contributed by atoms with Crippen LogP contribution in [-0.4, -0.2) is 4.98 Å². The first kappa shape index (κ1) is 12.9. The van der Waals surface area contributed by atoms with E-state index in [1.54, 1.807) is 12.1 Å². The van der Waals surface area contributed by atoms with Crippen LogP contribution in [-0.2, 0) is 6.18 Å². The standard InChI is InChI=1S/C12H10F3NOS/c1-7-3-8(2)5-9(4-7)17-10-6-16-11(18-10)12(13,14)15/h3-6H,1-2H3. The molecule has 2 aromatic rings. The Morgan fingerprint density at radius 3 is 2.22 bits per heavy atom. The number of nitrogens with zero attached hydrogens (tertiary/aromatic N) is 1. The largest absolute Gasteiger partial charge is 0.445 e. The van der Waals surface area contributed by atoms with Gasteiger partial charge in [-0.1, -0.05) is 17.4 Å². The summed E-state index contributed by atoms with van der Waals surface area (Å²) in [7, 11) is 0. The third-order valence-electron chi connectivity index (χ3n) is 2.14. The quantitative estimate of drug-likeness (QED) is 0.799. The summed E-state index contributed by atoms with van der Waals surface area (Å²) in [6.45, 7) is 3.79. The molecule has 0 N–H and O–H groups in total. The van der Waals surface area contributed by atoms with Gasteiger partial charge in [0.25, 0.3) is 0 Å². The van der Waals surface area contributed by atoms with Crippen LogP contribution < -0.4 is 4.74 Å². The molecule has 0 fully saturated rings. The van der Waals surface area contributed by atoms with Crippen molar-refractivity contribution in [3.05, 3.63) is 40.5 Å². The lowest BCUT2D eigenvalue weighted by molar-refractivity contribution is -0.137. The molecule has 0 atom stereocenters. The molecule has 0 aliphatic carbocycles. The summed E-state index contributed by atoms with van der Waals surface area (Å²) >= 11 is 0.488. The highest BCUT2D eigenvalue weighted by Crippen LogP contribution is 2.37. The fourth-order valence-electron chi connectivity index (χ4n) is 1.55. The highest BCUT2D eigenvalue weighted by atomic mass is 32.1. The number of thiazole rings is 1. The lowest BCUT2D eigenvalue weighted by atomic mass is 10.1. The Hall–Kier alpha value is -1.56. The second kappa shape index (κ2) is 4.61. The Morgan fingerprint density at radius 2 is 1.72 bits per heavy atom. The van der Waals surface area contributed by atoms with E-state index in [4.69, 9.17) is 4.74 Å². The van der Waals surface area contributed by atoms with Crippen LogP contribution in [0.25, 0.3) is 0 Å². The van der Waals surface area contributed by atoms with Crippen LogP contribution >= 0.6 is 11.3 Å². The van der Waals surface area contributed by atoms with Gasteiger partial charge in [-0.15, -0.1) is 0 Å². The average molecular weight is 273 g/mol. The molecule has 1 aromatic heterocycles. The highest BCUT2D eigenvalue weighted by molar-refractivity contribution is 7.13. The van der Waals surface area contributed by atoms with Crippen LogP contribution in [0.5, 0.6) is 10.8 Å². The molecule has 6 heteroatoms. The molecule has 2 nitrogen and oxygen atoms in total. The number of benzene rings is 1. The second-order valence-corrected chi connectivity index (χ2v) is 4.90. The van der Waals surface area contributed by atoms with E-state index in [1.807, 2.05) is 19.9 Å². The molecule has 0 radical (unpaired) electrons. The topological polar surface area (TPSA) is 22.1 Å². The SMILES string of the molecule is Cc1cc(C)cc(Oc2cnc(C(F)(F)F)s2)c1. The smallest absolute Gasteiger partial charge is 0.443 e. The molecule has 0 amide bonds. The first-order chi connectivity index (χ1) is 8.34. The minimum absolute atomic E-state index is 0.132. The fraction of sp³-hybridized carbons (Fsp3) is 0.250. The Labute approximate surface area is 106 Å². The Kier molecular flexibility index (Phi) is 3.30. The van der Waals surface area contributed by atoms with Gasteiger partial charge in [-0.3, -0.25) is 0 Å². The van der Waals surface area contributed by atoms with Crippen molar-refractivity contribution in [2.75, 3.05) is 0 Å². The van der Waals surface area contributed by atoms with Gasteiger partial charge < -0.3 is 4.74 Å². The van der Waals surface area contributed by atoms with E-state index in [2.05, 4.69) is 4.98 Å². The Balaban J connectivity index is 2.21. The predicted octanol–water partition coefficient (Wildman–Crippen LogP) is 4.57. The minimum atomic E-state index is -4.42. The summed E-state index contributed by atoms with van der Waals surface area (Å²) in [5, 5.41) is -0.769. The first-order valence-electron chi connectivity index (χ1n) is 5.14. The minimum Gasteiger partial charge on any atom is -0.445 e. The predicted molar refractivity (Wildman–Crippen MR) is 63.1 cm³/mol. The highest BCUT2D eigenvalue weighted by Gasteiger charge is 2.34. The number of alkyl halides is 3. The third-order valence-corrected chi connectivity index (χ3v) is 3.06. The molecule has 18 heavy (non-hydrogen) atoms. The number of hydrogen-bond acceptors (Lipinski definition) is 3. The van der Waals surface area contributed by atoms with Gasteiger partial charge in [-0.05, 0) is 37.1 Å². The summed E-state index contributed by atoms with van der Waals surface area (Å²) in [6.07, 6.45) is -3.33. The molecular weight excluding hydrogens is 263 g/mol. The zero-order valence-corrected chi connectivity index (χ0v) is 10.5. The van der Waals surface area contributed by atoms with Gasteiger partial charge in [-0.2, -0.15) is 13.2 Å². The molecule has 1 aromatic carbocycles. The summed E-state index contributed by atoms with van der Waals surface area (Å²) in [5.74, 6) is 0.518. The molecular formula is C12H10F3NOS. The first-order valence-corrected chi connectivity index (χ1v) is 5.95. The van der Waals surface area contributed by atoms with Gasteiger partial charge in [0.2, 0.25) is 10.1 Å². The molecule has 1 heterocycles. The lowest BCUT2D eigenvalue weighted by Crippen LogP contribution is -2.02. The van der Waals surface area contributed by atoms with E-state index < -0.39 is 11.2 Å². The summed E-state index contributed by atoms with van der Waals surface area (Å²) in [6, 6.07) is 5.49. The van der Waals surface area contributed by atoms with Crippen LogP contribution in [0.2, 0.25) is 0 Å². The zero-order valence-electron chi connectivity index (χ0n) is 9.71. The van der Waals surface area contributed by atoms with Crippen molar-refractivity contribution in [3.63, 3.8) is 0 Å². The van der Waals surface area contributed by atoms with Crippen molar-refractivity contribution < 1.29 is 17.9 Å². The molecule has 0 aliphatic heterocycles. The Morgan fingerprint density at radius 1 is 1.11 bits per heavy atom. The maximum atomic E-state index is 12.4. The summed E-state index contributed by atoms with van der Waals surface area (Å²) < 4.78 is 42.5. The van der Waals surface area contributed by atoms with E-state index in [1.165, 1.54) is 0 Å². The van der Waals surface area contributed by atoms with Crippen LogP contribution in [0.15, 0.2) is 24.4 Å². The Bertz CT molecular complexity index is 542. The summed E-state index contributed by atoms with van der Waals surface area (Å²) in [5.41, 5.74) is 1.98. The van der Waals surface area contributed by atoms with Gasteiger partial charge in [0.15, 0.2) is 0 Å². The number of aromatic nitrogens is 1. The average Bonchev–Trinajstić information content (AvgIpc) is 2.63. The van der Waals surface area contributed by atoms with Crippen molar-refractivity contribution in [1.29, 1.82) is 0 Å². The van der Waals surface area contributed by atoms with Gasteiger partial charge in [0, 0.05) is 0 Å². The summed E-state index contributed by atoms with van der Waals surface area (Å²) in [4.78, 5) is 3.30. The normalized spacial score (nSPS) is 11.6. The molecule has 0 spiro atoms. The number of ether oxygens (including phenoxy) is 1. The van der Waals surface area contributed by atoms with Crippen LogP contribution in [0.3, 0.4) is 0 Å². The van der Waals surface area contributed by atoms with E-state index in [0.717, 1.165) is 17.3 Å². The van der Waals surface area contributed by atoms with Crippen molar-refractivity contribution >= 4 is 11.3 Å². The van der Waals surface area contributed by atoms with Crippen LogP contribution in [0.1, 0.15) is 16.1 Å². The van der Waals surface area contributed by atoms with Gasteiger partial charge in [0.05, 0.1) is 6.20 Å². The maximum absolute atomic E-state index is 12.4. The number of rotatable bonds is 2. The van der Waals surface area contributed by atoms with Crippen molar-refractivity contribution in [2.24, 2.45) is 0 Å². The van der Waals surface area contributed by atoms with Gasteiger partial charge >= 0.3 is 6.18 Å². The van der Waals surface area contributed by atoms with Crippen molar-refractivity contribution in [2.45, 2.75) is 20.0 Å². The van der Waals surface area contributed by atoms with Gasteiger partial charge in [-0.25, -0.2) is 4.98 Å². The van der Waals surface area contributed by atoms with E-state index in [9.17, 15) is 13.2 Å². The number of halogens is 3. The maximum Gasteiger partial charge on any atom is 0.443 e. The molecule has 96 valence electrons. The van der Waals surface area contributed by atoms with Crippen molar-refractivity contribution in [1.82, 2.24) is 4.98 Å². The molecule has 0 aliphatic rings. The van der Waals surface area contributed by atoms with E-state index in [-0.39, 0.29) is 5.06 Å². The second-order valence-electron chi connectivity index (χ2n) is 3.91. The monoisotopic (exact) mass is 273 g/mol. The lowest BCUT2D eigenvalue weighted by Gasteiger charge is -2.05. The molecule has 0 unspecified atom stereocenters. The van der Waals surface area contributed by atoms with Crippen LogP contribution in [0.4, 0.5) is 13.2 Å². The molecule has 0 saturated heterocycles. The third kappa shape index (κ3) is 3.01. The molecule has 2 rings (SSSR count). The van der Waals surface area contributed by atoms with Gasteiger partial charge in [0.1, 0.15) is 5.75 Å². The zero-order chi connectivity index (χ0) is 13.3. The van der Waals surface area contributed by atoms with Crippen LogP contribution in [0, 0.1) is 13.8 Å². The van der Waals surface area contributed by atoms with E-state index in [0.29, 0.717) is 17.1 Å². The fourth-order valence-corrected chi connectivity index (χ4v) is 2.20. The number of hydrogen-bond donors (Lipinski definition) is 0. The molecule has 0 bridgehead atoms. The van der Waals surface area contributed by atoms with Crippen molar-refractivity contribution in [3.8, 4) is 10.8 Å². The van der Waals surface area contributed by atoms with E-state index >= 15 is 0 Å². The number of aryl methyl sites for hydroxylation is 2.